The average molecular weight is 449 g/mol. The summed E-state index contributed by atoms with van der Waals surface area (Å²) in [6.07, 6.45) is -1.89. The second kappa shape index (κ2) is 10.6. The second-order valence-corrected chi connectivity index (χ2v) is 6.68. The molecule has 9 nitrogen and oxygen atoms in total. The number of carbonyl (C=O) groups excluding carboxylic acids is 1. The normalized spacial score (nSPS) is 10.8. The van der Waals surface area contributed by atoms with Crippen LogP contribution in [-0.4, -0.2) is 44.7 Å². The highest BCUT2D eigenvalue weighted by Crippen LogP contribution is 2.22. The van der Waals surface area contributed by atoms with E-state index in [2.05, 4.69) is 39.4 Å². The summed E-state index contributed by atoms with van der Waals surface area (Å²) in [6, 6.07) is 1.79. The molecule has 164 valence electrons. The Morgan fingerprint density at radius 3 is 2.40 bits per heavy atom. The van der Waals surface area contributed by atoms with Gasteiger partial charge in [0.05, 0.1) is 11.9 Å². The Morgan fingerprint density at radius 1 is 1.30 bits per heavy atom. The summed E-state index contributed by atoms with van der Waals surface area (Å²) in [6.45, 7) is 6.64. The third-order valence-corrected chi connectivity index (χ3v) is 3.57. The van der Waals surface area contributed by atoms with Crippen LogP contribution in [0.5, 0.6) is 0 Å². The number of halogens is 4. The largest absolute Gasteiger partial charge is 0.490 e. The van der Waals surface area contributed by atoms with Crippen molar-refractivity contribution in [3.8, 4) is 0 Å². The maximum atomic E-state index is 12.3. The lowest BCUT2D eigenvalue weighted by atomic mass is 10.2. The zero-order valence-corrected chi connectivity index (χ0v) is 17.0. The van der Waals surface area contributed by atoms with E-state index in [0.717, 1.165) is 5.56 Å². The molecule has 0 aromatic carbocycles. The summed E-state index contributed by atoms with van der Waals surface area (Å²) < 4.78 is 31.7. The summed E-state index contributed by atoms with van der Waals surface area (Å²) in [5.41, 5.74) is 7.28. The van der Waals surface area contributed by atoms with Crippen LogP contribution in [0.4, 0.5) is 30.5 Å². The number of pyridine rings is 1. The van der Waals surface area contributed by atoms with Gasteiger partial charge < -0.3 is 21.5 Å². The first-order chi connectivity index (χ1) is 13.8. The Morgan fingerprint density at radius 2 is 1.90 bits per heavy atom. The van der Waals surface area contributed by atoms with Crippen molar-refractivity contribution >= 4 is 40.8 Å². The number of aliphatic carboxylic acids is 1. The van der Waals surface area contributed by atoms with Gasteiger partial charge in [0.1, 0.15) is 0 Å². The van der Waals surface area contributed by atoms with Crippen molar-refractivity contribution < 1.29 is 27.9 Å². The summed E-state index contributed by atoms with van der Waals surface area (Å²) in [5, 5.41) is 13.0. The topological polar surface area (TPSA) is 143 Å². The van der Waals surface area contributed by atoms with Gasteiger partial charge in [-0.3, -0.25) is 9.78 Å². The standard InChI is InChI=1S/C15H19ClN6O.C2HF3O2/c1-8(2)6-19-14-12(16)21-11(13(17)22-14)15(23)20-10-7-18-5-4-9(10)3;3-2(4,5)1(6)7/h4-5,7-8H,6H2,1-3H3,(H,20,23)(H3,17,19,22);(H,6,7). The summed E-state index contributed by atoms with van der Waals surface area (Å²) in [5.74, 6) is -2.45. The van der Waals surface area contributed by atoms with Crippen LogP contribution in [0.3, 0.4) is 0 Å². The van der Waals surface area contributed by atoms with Gasteiger partial charge in [0.15, 0.2) is 22.5 Å². The van der Waals surface area contributed by atoms with E-state index < -0.39 is 18.1 Å². The third-order valence-electron chi connectivity index (χ3n) is 3.30. The molecule has 0 unspecified atom stereocenters. The third kappa shape index (κ3) is 7.70. The van der Waals surface area contributed by atoms with Gasteiger partial charge in [0.25, 0.3) is 5.91 Å². The van der Waals surface area contributed by atoms with Crippen LogP contribution in [0.1, 0.15) is 29.9 Å². The Balaban J connectivity index is 0.000000553. The lowest BCUT2D eigenvalue weighted by Crippen LogP contribution is -2.21. The maximum Gasteiger partial charge on any atom is 0.490 e. The Hall–Kier alpha value is -3.15. The van der Waals surface area contributed by atoms with Gasteiger partial charge in [-0.15, -0.1) is 0 Å². The number of hydrogen-bond donors (Lipinski definition) is 4. The van der Waals surface area contributed by atoms with Crippen molar-refractivity contribution in [1.82, 2.24) is 15.0 Å². The molecule has 0 fully saturated rings. The maximum absolute atomic E-state index is 12.3. The fourth-order valence-corrected chi connectivity index (χ4v) is 1.98. The zero-order chi connectivity index (χ0) is 23.1. The number of nitrogens with one attached hydrogen (secondary N) is 2. The number of nitrogen functional groups attached to an aromatic ring is 1. The van der Waals surface area contributed by atoms with Crippen molar-refractivity contribution in [2.24, 2.45) is 5.92 Å². The molecule has 0 radical (unpaired) electrons. The van der Waals surface area contributed by atoms with Crippen LogP contribution >= 0.6 is 11.6 Å². The van der Waals surface area contributed by atoms with E-state index >= 15 is 0 Å². The molecule has 5 N–H and O–H groups in total. The number of nitrogens with zero attached hydrogens (tertiary/aromatic N) is 3. The number of anilines is 3. The van der Waals surface area contributed by atoms with Gasteiger partial charge >= 0.3 is 12.1 Å². The van der Waals surface area contributed by atoms with Crippen molar-refractivity contribution in [3.05, 3.63) is 34.9 Å². The number of hydrogen-bond acceptors (Lipinski definition) is 7. The highest BCUT2D eigenvalue weighted by atomic mass is 35.5. The predicted molar refractivity (Wildman–Crippen MR) is 105 cm³/mol. The molecule has 0 aliphatic heterocycles. The van der Waals surface area contributed by atoms with E-state index in [1.54, 1.807) is 18.5 Å². The highest BCUT2D eigenvalue weighted by Gasteiger charge is 2.38. The molecular weight excluding hydrogens is 429 g/mol. The summed E-state index contributed by atoms with van der Waals surface area (Å²) in [7, 11) is 0. The van der Waals surface area contributed by atoms with Gasteiger partial charge in [-0.25, -0.2) is 14.8 Å². The minimum Gasteiger partial charge on any atom is -0.475 e. The van der Waals surface area contributed by atoms with Crippen molar-refractivity contribution in [2.75, 3.05) is 22.9 Å². The quantitative estimate of drug-likeness (QED) is 0.545. The van der Waals surface area contributed by atoms with E-state index in [9.17, 15) is 18.0 Å². The molecule has 13 heteroatoms. The van der Waals surface area contributed by atoms with Crippen LogP contribution in [0.15, 0.2) is 18.5 Å². The molecule has 2 aromatic rings. The van der Waals surface area contributed by atoms with Gasteiger partial charge in [-0.05, 0) is 24.5 Å². The number of aromatic nitrogens is 3. The molecule has 30 heavy (non-hydrogen) atoms. The van der Waals surface area contributed by atoms with Crippen LogP contribution in [0, 0.1) is 12.8 Å². The first-order valence-corrected chi connectivity index (χ1v) is 8.79. The lowest BCUT2D eigenvalue weighted by molar-refractivity contribution is -0.192. The minimum absolute atomic E-state index is 0.0136. The molecule has 0 aliphatic rings. The van der Waals surface area contributed by atoms with Gasteiger partial charge in [0, 0.05) is 12.7 Å². The number of nitrogens with two attached hydrogens (primary N) is 1. The van der Waals surface area contributed by atoms with Gasteiger partial charge in [-0.1, -0.05) is 25.4 Å². The van der Waals surface area contributed by atoms with Crippen LogP contribution in [0.25, 0.3) is 0 Å². The van der Waals surface area contributed by atoms with E-state index in [-0.39, 0.29) is 16.7 Å². The molecular formula is C17H20ClF3N6O3. The fourth-order valence-electron chi connectivity index (χ4n) is 1.78. The number of rotatable bonds is 5. The Kier molecular flexibility index (Phi) is 8.77. The first-order valence-electron chi connectivity index (χ1n) is 8.41. The number of carbonyl (C=O) groups is 2. The predicted octanol–water partition coefficient (Wildman–Crippen LogP) is 3.37. The second-order valence-electron chi connectivity index (χ2n) is 6.32. The van der Waals surface area contributed by atoms with Crippen LogP contribution in [0.2, 0.25) is 5.15 Å². The fraction of sp³-hybridized carbons (Fsp3) is 0.353. The lowest BCUT2D eigenvalue weighted by Gasteiger charge is -2.12. The summed E-state index contributed by atoms with van der Waals surface area (Å²) >= 11 is 6.08. The Bertz CT molecular complexity index is 909. The number of amides is 1. The average Bonchev–Trinajstić information content (AvgIpc) is 2.63. The van der Waals surface area contributed by atoms with Crippen molar-refractivity contribution in [3.63, 3.8) is 0 Å². The van der Waals surface area contributed by atoms with E-state index in [0.29, 0.717) is 24.0 Å². The van der Waals surface area contributed by atoms with Crippen molar-refractivity contribution in [2.45, 2.75) is 26.9 Å². The monoisotopic (exact) mass is 448 g/mol. The zero-order valence-electron chi connectivity index (χ0n) is 16.2. The SMILES string of the molecule is Cc1ccncc1NC(=O)c1nc(Cl)c(NCC(C)C)nc1N.O=C(O)C(F)(F)F. The number of aryl methyl sites for hydroxylation is 1. The van der Waals surface area contributed by atoms with E-state index in [1.165, 1.54) is 0 Å². The smallest absolute Gasteiger partial charge is 0.475 e. The molecule has 1 amide bonds. The van der Waals surface area contributed by atoms with E-state index in [1.807, 2.05) is 6.92 Å². The molecule has 0 bridgehead atoms. The molecule has 2 aromatic heterocycles. The number of alkyl halides is 3. The molecule has 2 heterocycles. The molecule has 0 atom stereocenters. The molecule has 0 saturated heterocycles. The molecule has 0 aliphatic carbocycles. The van der Waals surface area contributed by atoms with Gasteiger partial charge in [0.2, 0.25) is 0 Å². The van der Waals surface area contributed by atoms with Gasteiger partial charge in [-0.2, -0.15) is 13.2 Å². The highest BCUT2D eigenvalue weighted by molar-refractivity contribution is 6.32. The number of carboxylic acids is 1. The molecule has 0 saturated carbocycles. The minimum atomic E-state index is -5.08. The first kappa shape index (κ1) is 24.9. The molecule has 0 spiro atoms. The Labute approximate surface area is 174 Å². The van der Waals surface area contributed by atoms with Crippen LogP contribution in [-0.2, 0) is 4.79 Å². The van der Waals surface area contributed by atoms with E-state index in [4.69, 9.17) is 27.2 Å². The van der Waals surface area contributed by atoms with Crippen LogP contribution < -0.4 is 16.4 Å². The summed E-state index contributed by atoms with van der Waals surface area (Å²) in [4.78, 5) is 33.4. The molecule has 2 rings (SSSR count). The number of carboxylic acid groups (broad SMARTS) is 1. The van der Waals surface area contributed by atoms with Crippen molar-refractivity contribution in [1.29, 1.82) is 0 Å².